The summed E-state index contributed by atoms with van der Waals surface area (Å²) in [5.41, 5.74) is 1.95. The Hall–Kier alpha value is -2.01. The molecule has 4 nitrogen and oxygen atoms in total. The van der Waals surface area contributed by atoms with E-state index in [1.54, 1.807) is 37.1 Å². The van der Waals surface area contributed by atoms with Crippen LogP contribution in [0.5, 0.6) is 17.2 Å². The summed E-state index contributed by atoms with van der Waals surface area (Å²) in [5, 5.41) is 9.73. The molecule has 0 amide bonds. The summed E-state index contributed by atoms with van der Waals surface area (Å²) in [5.74, 6) is 1.90. The molecule has 110 valence electrons. The molecule has 0 fully saturated rings. The average Bonchev–Trinajstić information content (AvgIpc) is 2.53. The number of methoxy groups -OCH3 is 1. The van der Waals surface area contributed by atoms with E-state index < -0.39 is 0 Å². The molecule has 0 bridgehead atoms. The monoisotopic (exact) mass is 303 g/mol. The summed E-state index contributed by atoms with van der Waals surface area (Å²) >= 11 is 1.65. The Balaban J connectivity index is 2.04. The van der Waals surface area contributed by atoms with Crippen molar-refractivity contribution in [3.8, 4) is 17.2 Å². The van der Waals surface area contributed by atoms with Gasteiger partial charge in [-0.1, -0.05) is 0 Å². The first kappa shape index (κ1) is 13.9. The van der Waals surface area contributed by atoms with Gasteiger partial charge in [-0.05, 0) is 36.6 Å². The zero-order valence-corrected chi connectivity index (χ0v) is 12.8. The van der Waals surface area contributed by atoms with Gasteiger partial charge in [-0.25, -0.2) is 0 Å². The summed E-state index contributed by atoms with van der Waals surface area (Å²) in [4.78, 5) is 3.24. The van der Waals surface area contributed by atoms with Gasteiger partial charge in [0.25, 0.3) is 0 Å². The zero-order chi connectivity index (χ0) is 14.8. The van der Waals surface area contributed by atoms with Crippen LogP contribution < -0.4 is 14.4 Å². The number of aromatic hydroxyl groups is 1. The second-order valence-corrected chi connectivity index (χ2v) is 5.54. The largest absolute Gasteiger partial charge is 0.508 e. The Morgan fingerprint density at radius 3 is 2.86 bits per heavy atom. The van der Waals surface area contributed by atoms with Crippen LogP contribution in [0.25, 0.3) is 0 Å². The number of phenolic OH excluding ortho intramolecular Hbond substituents is 1. The first-order chi connectivity index (χ1) is 10.2. The van der Waals surface area contributed by atoms with Crippen molar-refractivity contribution in [2.24, 2.45) is 0 Å². The minimum absolute atomic E-state index is 0.239. The Morgan fingerprint density at radius 1 is 1.24 bits per heavy atom. The molecular formula is C16H17NO3S. The van der Waals surface area contributed by atoms with Crippen LogP contribution in [0, 0.1) is 0 Å². The summed E-state index contributed by atoms with van der Waals surface area (Å²) in [6.07, 6.45) is 2.03. The molecule has 0 saturated carbocycles. The van der Waals surface area contributed by atoms with Crippen LogP contribution in [0.1, 0.15) is 0 Å². The van der Waals surface area contributed by atoms with Gasteiger partial charge in [0.2, 0.25) is 0 Å². The van der Waals surface area contributed by atoms with Gasteiger partial charge in [0, 0.05) is 11.8 Å². The number of fused-ring (bicyclic) bond motifs is 1. The molecule has 0 saturated heterocycles. The van der Waals surface area contributed by atoms with E-state index in [1.165, 1.54) is 0 Å². The predicted molar refractivity (Wildman–Crippen MR) is 85.4 cm³/mol. The Bertz CT molecular complexity index is 660. The average molecular weight is 303 g/mol. The van der Waals surface area contributed by atoms with Gasteiger partial charge in [0.1, 0.15) is 23.9 Å². The van der Waals surface area contributed by atoms with Crippen molar-refractivity contribution in [3.63, 3.8) is 0 Å². The molecule has 0 atom stereocenters. The van der Waals surface area contributed by atoms with Crippen LogP contribution in [0.3, 0.4) is 0 Å². The van der Waals surface area contributed by atoms with E-state index in [9.17, 15) is 5.11 Å². The topological polar surface area (TPSA) is 41.9 Å². The lowest BCUT2D eigenvalue weighted by Crippen LogP contribution is -2.28. The van der Waals surface area contributed by atoms with Gasteiger partial charge in [-0.3, -0.25) is 0 Å². The van der Waals surface area contributed by atoms with Crippen LogP contribution in [0.2, 0.25) is 0 Å². The maximum absolute atomic E-state index is 9.73. The smallest absolute Gasteiger partial charge is 0.143 e. The molecule has 2 aromatic carbocycles. The Kier molecular flexibility index (Phi) is 3.84. The van der Waals surface area contributed by atoms with Gasteiger partial charge >= 0.3 is 0 Å². The highest BCUT2D eigenvalue weighted by Crippen LogP contribution is 2.41. The number of nitrogens with zero attached hydrogens (tertiary/aromatic N) is 1. The molecule has 1 heterocycles. The molecule has 1 aliphatic heterocycles. The number of thioether (sulfide) groups is 1. The number of hydrogen-bond donors (Lipinski definition) is 1. The number of rotatable bonds is 3. The molecule has 1 N–H and O–H groups in total. The van der Waals surface area contributed by atoms with Crippen LogP contribution in [-0.4, -0.2) is 31.6 Å². The third kappa shape index (κ3) is 2.61. The van der Waals surface area contributed by atoms with E-state index in [0.717, 1.165) is 34.3 Å². The van der Waals surface area contributed by atoms with E-state index in [1.807, 2.05) is 18.4 Å². The third-order valence-corrected chi connectivity index (χ3v) is 4.24. The molecule has 1 aliphatic rings. The highest BCUT2D eigenvalue weighted by Gasteiger charge is 2.20. The number of hydrogen-bond acceptors (Lipinski definition) is 5. The van der Waals surface area contributed by atoms with E-state index in [-0.39, 0.29) is 5.75 Å². The standard InChI is InChI=1S/C16H17NO3S/c1-19-15-5-3-11(9-16(15)21-2)17-7-8-20-14-6-4-12(18)10-13(14)17/h3-6,9-10,18H,7-8H2,1-2H3. The second kappa shape index (κ2) is 5.77. The zero-order valence-electron chi connectivity index (χ0n) is 12.0. The van der Waals surface area contributed by atoms with Gasteiger partial charge in [0.05, 0.1) is 24.2 Å². The summed E-state index contributed by atoms with van der Waals surface area (Å²) in [6, 6.07) is 11.3. The Labute approximate surface area is 128 Å². The molecule has 0 unspecified atom stereocenters. The predicted octanol–water partition coefficient (Wildman–Crippen LogP) is 3.65. The molecule has 0 aliphatic carbocycles. The molecule has 0 spiro atoms. The fourth-order valence-corrected chi connectivity index (χ4v) is 3.06. The number of benzene rings is 2. The van der Waals surface area contributed by atoms with E-state index >= 15 is 0 Å². The van der Waals surface area contributed by atoms with Crippen molar-refractivity contribution in [1.29, 1.82) is 0 Å². The van der Waals surface area contributed by atoms with Crippen molar-refractivity contribution in [1.82, 2.24) is 0 Å². The molecule has 0 radical (unpaired) electrons. The fourth-order valence-electron chi connectivity index (χ4n) is 2.47. The third-order valence-electron chi connectivity index (χ3n) is 3.48. The van der Waals surface area contributed by atoms with E-state index in [2.05, 4.69) is 11.0 Å². The van der Waals surface area contributed by atoms with Gasteiger partial charge < -0.3 is 19.5 Å². The highest BCUT2D eigenvalue weighted by atomic mass is 32.2. The molecule has 5 heteroatoms. The van der Waals surface area contributed by atoms with Crippen LogP contribution in [0.4, 0.5) is 11.4 Å². The van der Waals surface area contributed by atoms with Crippen molar-refractivity contribution in [3.05, 3.63) is 36.4 Å². The minimum Gasteiger partial charge on any atom is -0.508 e. The lowest BCUT2D eigenvalue weighted by molar-refractivity contribution is 0.313. The van der Waals surface area contributed by atoms with Gasteiger partial charge in [-0.2, -0.15) is 0 Å². The summed E-state index contributed by atoms with van der Waals surface area (Å²) in [6.45, 7) is 1.37. The summed E-state index contributed by atoms with van der Waals surface area (Å²) in [7, 11) is 1.68. The van der Waals surface area contributed by atoms with Crippen LogP contribution in [-0.2, 0) is 0 Å². The lowest BCUT2D eigenvalue weighted by Gasteiger charge is -2.31. The van der Waals surface area contributed by atoms with Crippen LogP contribution >= 0.6 is 11.8 Å². The molecule has 2 aromatic rings. The fraction of sp³-hybridized carbons (Fsp3) is 0.250. The quantitative estimate of drug-likeness (QED) is 0.877. The van der Waals surface area contributed by atoms with Gasteiger partial charge in [0.15, 0.2) is 0 Å². The Morgan fingerprint density at radius 2 is 2.10 bits per heavy atom. The van der Waals surface area contributed by atoms with Crippen molar-refractivity contribution in [2.75, 3.05) is 31.4 Å². The van der Waals surface area contributed by atoms with E-state index in [4.69, 9.17) is 9.47 Å². The normalized spacial score (nSPS) is 13.5. The maximum atomic E-state index is 9.73. The molecule has 21 heavy (non-hydrogen) atoms. The molecule has 3 rings (SSSR count). The number of anilines is 2. The number of phenols is 1. The molecular weight excluding hydrogens is 286 g/mol. The van der Waals surface area contributed by atoms with Crippen molar-refractivity contribution in [2.45, 2.75) is 4.90 Å². The second-order valence-electron chi connectivity index (χ2n) is 4.69. The minimum atomic E-state index is 0.239. The SMILES string of the molecule is COc1ccc(N2CCOc3ccc(O)cc32)cc1SC. The lowest BCUT2D eigenvalue weighted by atomic mass is 10.2. The van der Waals surface area contributed by atoms with Crippen molar-refractivity contribution < 1.29 is 14.6 Å². The van der Waals surface area contributed by atoms with E-state index in [0.29, 0.717) is 6.61 Å². The van der Waals surface area contributed by atoms with Crippen molar-refractivity contribution >= 4 is 23.1 Å². The first-order valence-corrected chi connectivity index (χ1v) is 7.91. The number of ether oxygens (including phenoxy) is 2. The summed E-state index contributed by atoms with van der Waals surface area (Å²) < 4.78 is 11.0. The van der Waals surface area contributed by atoms with Crippen LogP contribution in [0.15, 0.2) is 41.3 Å². The van der Waals surface area contributed by atoms with Gasteiger partial charge in [-0.15, -0.1) is 11.8 Å². The highest BCUT2D eigenvalue weighted by molar-refractivity contribution is 7.98. The maximum Gasteiger partial charge on any atom is 0.143 e. The first-order valence-electron chi connectivity index (χ1n) is 6.68. The molecule has 0 aromatic heterocycles.